The summed E-state index contributed by atoms with van der Waals surface area (Å²) in [7, 11) is 0. The molecule has 3 N–H and O–H groups in total. The second-order valence-electron chi connectivity index (χ2n) is 4.71. The van der Waals surface area contributed by atoms with Crippen LogP contribution >= 0.6 is 0 Å². The molecule has 0 unspecified atom stereocenters. The van der Waals surface area contributed by atoms with Gasteiger partial charge in [-0.25, -0.2) is 14.4 Å². The minimum atomic E-state index is -1.20. The minimum absolute atomic E-state index is 0.0999. The quantitative estimate of drug-likeness (QED) is 0.781. The molecular weight excluding hydrogens is 288 g/mol. The number of aromatic carboxylic acids is 3. The second-order valence-corrected chi connectivity index (χ2v) is 4.71. The summed E-state index contributed by atoms with van der Waals surface area (Å²) in [4.78, 5) is 32.9. The maximum Gasteiger partial charge on any atom is 0.335 e. The highest BCUT2D eigenvalue weighted by Crippen LogP contribution is 2.16. The lowest BCUT2D eigenvalue weighted by atomic mass is 9.99. The monoisotopic (exact) mass is 300 g/mol. The Morgan fingerprint density at radius 3 is 1.50 bits per heavy atom. The van der Waals surface area contributed by atoms with Crippen molar-refractivity contribution in [3.63, 3.8) is 0 Å². The molecule has 0 spiro atoms. The van der Waals surface area contributed by atoms with Crippen LogP contribution in [0, 0.1) is 0 Å². The van der Waals surface area contributed by atoms with E-state index < -0.39 is 17.9 Å². The molecule has 0 aliphatic rings. The molecule has 2 aromatic rings. The number of rotatable bonds is 5. The largest absolute Gasteiger partial charge is 0.478 e. The number of carboxylic acids is 3. The van der Waals surface area contributed by atoms with Crippen molar-refractivity contribution in [2.24, 2.45) is 0 Å². The summed E-state index contributed by atoms with van der Waals surface area (Å²) in [6.07, 6.45) is 0.307. The van der Waals surface area contributed by atoms with E-state index in [1.807, 2.05) is 0 Å². The Morgan fingerprint density at radius 2 is 1.09 bits per heavy atom. The SMILES string of the molecule is O=C(O)c1ccc(Cc2cc(C(=O)O)cc(C(=O)O)c2)cc1. The van der Waals surface area contributed by atoms with Crippen molar-refractivity contribution < 1.29 is 29.7 Å². The van der Waals surface area contributed by atoms with Crippen LogP contribution in [-0.2, 0) is 6.42 Å². The van der Waals surface area contributed by atoms with Gasteiger partial charge >= 0.3 is 17.9 Å². The van der Waals surface area contributed by atoms with Crippen LogP contribution in [0.2, 0.25) is 0 Å². The molecule has 6 heteroatoms. The predicted molar refractivity (Wildman–Crippen MR) is 76.6 cm³/mol. The Kier molecular flexibility index (Phi) is 4.22. The van der Waals surface area contributed by atoms with Gasteiger partial charge in [-0.05, 0) is 47.9 Å². The van der Waals surface area contributed by atoms with Gasteiger partial charge < -0.3 is 15.3 Å². The van der Waals surface area contributed by atoms with Gasteiger partial charge in [0.05, 0.1) is 16.7 Å². The molecule has 112 valence electrons. The minimum Gasteiger partial charge on any atom is -0.478 e. The summed E-state index contributed by atoms with van der Waals surface area (Å²) in [6, 6.07) is 10.0. The third-order valence-corrected chi connectivity index (χ3v) is 3.10. The number of carboxylic acid groups (broad SMARTS) is 3. The lowest BCUT2D eigenvalue weighted by molar-refractivity contribution is 0.0682. The molecule has 2 aromatic carbocycles. The number of benzene rings is 2. The van der Waals surface area contributed by atoms with Crippen molar-refractivity contribution in [1.82, 2.24) is 0 Å². The Labute approximate surface area is 125 Å². The molecular formula is C16H12O6. The maximum atomic E-state index is 11.0. The Balaban J connectivity index is 2.33. The number of carbonyl (C=O) groups is 3. The molecule has 0 saturated carbocycles. The first-order valence-corrected chi connectivity index (χ1v) is 6.29. The standard InChI is InChI=1S/C16H12O6/c17-14(18)11-3-1-9(2-4-11)5-10-6-12(15(19)20)8-13(7-10)16(21)22/h1-4,6-8H,5H2,(H,17,18)(H,19,20)(H,21,22). The second kappa shape index (κ2) is 6.09. The van der Waals surface area contributed by atoms with Crippen LogP contribution in [0.3, 0.4) is 0 Å². The molecule has 2 rings (SSSR count). The van der Waals surface area contributed by atoms with E-state index in [1.165, 1.54) is 24.3 Å². The van der Waals surface area contributed by atoms with Crippen molar-refractivity contribution in [2.45, 2.75) is 6.42 Å². The van der Waals surface area contributed by atoms with E-state index in [2.05, 4.69) is 0 Å². The van der Waals surface area contributed by atoms with E-state index in [-0.39, 0.29) is 16.7 Å². The Bertz CT molecular complexity index is 713. The fourth-order valence-electron chi connectivity index (χ4n) is 2.04. The molecule has 0 saturated heterocycles. The highest BCUT2D eigenvalue weighted by Gasteiger charge is 2.12. The molecule has 0 radical (unpaired) electrons. The average molecular weight is 300 g/mol. The molecule has 0 heterocycles. The number of hydrogen-bond donors (Lipinski definition) is 3. The fraction of sp³-hybridized carbons (Fsp3) is 0.0625. The zero-order valence-corrected chi connectivity index (χ0v) is 11.3. The van der Waals surface area contributed by atoms with Crippen LogP contribution in [0.25, 0.3) is 0 Å². The highest BCUT2D eigenvalue weighted by molar-refractivity contribution is 5.94. The third kappa shape index (κ3) is 3.49. The van der Waals surface area contributed by atoms with Gasteiger partial charge in [0.25, 0.3) is 0 Å². The zero-order chi connectivity index (χ0) is 16.3. The van der Waals surface area contributed by atoms with Gasteiger partial charge in [-0.2, -0.15) is 0 Å². The third-order valence-electron chi connectivity index (χ3n) is 3.10. The lowest BCUT2D eigenvalue weighted by Gasteiger charge is -2.06. The lowest BCUT2D eigenvalue weighted by Crippen LogP contribution is -2.04. The molecule has 0 bridgehead atoms. The van der Waals surface area contributed by atoms with Crippen LogP contribution in [0.15, 0.2) is 42.5 Å². The van der Waals surface area contributed by atoms with Crippen LogP contribution in [-0.4, -0.2) is 33.2 Å². The van der Waals surface area contributed by atoms with Gasteiger partial charge in [-0.3, -0.25) is 0 Å². The van der Waals surface area contributed by atoms with Gasteiger partial charge in [-0.1, -0.05) is 12.1 Å². The average Bonchev–Trinajstić information content (AvgIpc) is 2.47. The van der Waals surface area contributed by atoms with Gasteiger partial charge in [-0.15, -0.1) is 0 Å². The molecule has 0 aliphatic heterocycles. The molecule has 0 aromatic heterocycles. The fourth-order valence-corrected chi connectivity index (χ4v) is 2.04. The summed E-state index contributed by atoms with van der Waals surface area (Å²) in [5.41, 5.74) is 1.23. The summed E-state index contributed by atoms with van der Waals surface area (Å²) in [6.45, 7) is 0. The van der Waals surface area contributed by atoms with E-state index in [0.717, 1.165) is 11.6 Å². The maximum absolute atomic E-state index is 11.0. The Hall–Kier alpha value is -3.15. The van der Waals surface area contributed by atoms with E-state index in [9.17, 15) is 14.4 Å². The number of hydrogen-bond acceptors (Lipinski definition) is 3. The predicted octanol–water partition coefficient (Wildman–Crippen LogP) is 2.37. The highest BCUT2D eigenvalue weighted by atomic mass is 16.4. The van der Waals surface area contributed by atoms with Gasteiger partial charge in [0.2, 0.25) is 0 Å². The van der Waals surface area contributed by atoms with Gasteiger partial charge in [0.1, 0.15) is 0 Å². The van der Waals surface area contributed by atoms with Crippen molar-refractivity contribution >= 4 is 17.9 Å². The van der Waals surface area contributed by atoms with Gasteiger partial charge in [0, 0.05) is 0 Å². The van der Waals surface area contributed by atoms with E-state index in [1.54, 1.807) is 12.1 Å². The Morgan fingerprint density at radius 1 is 0.636 bits per heavy atom. The smallest absolute Gasteiger partial charge is 0.335 e. The van der Waals surface area contributed by atoms with Crippen molar-refractivity contribution in [2.75, 3.05) is 0 Å². The van der Waals surface area contributed by atoms with Crippen molar-refractivity contribution in [3.05, 3.63) is 70.3 Å². The van der Waals surface area contributed by atoms with Gasteiger partial charge in [0.15, 0.2) is 0 Å². The first-order valence-electron chi connectivity index (χ1n) is 6.29. The molecule has 0 fully saturated rings. The van der Waals surface area contributed by atoms with Crippen molar-refractivity contribution in [1.29, 1.82) is 0 Å². The normalized spacial score (nSPS) is 10.2. The topological polar surface area (TPSA) is 112 Å². The molecule has 0 atom stereocenters. The zero-order valence-electron chi connectivity index (χ0n) is 11.3. The van der Waals surface area contributed by atoms with Crippen LogP contribution in [0.1, 0.15) is 42.2 Å². The first kappa shape index (κ1) is 15.2. The van der Waals surface area contributed by atoms with E-state index >= 15 is 0 Å². The molecule has 22 heavy (non-hydrogen) atoms. The van der Waals surface area contributed by atoms with Crippen molar-refractivity contribution in [3.8, 4) is 0 Å². The summed E-state index contributed by atoms with van der Waals surface area (Å²) < 4.78 is 0. The summed E-state index contributed by atoms with van der Waals surface area (Å²) in [5.74, 6) is -3.44. The van der Waals surface area contributed by atoms with Crippen LogP contribution in [0.4, 0.5) is 0 Å². The molecule has 0 aliphatic carbocycles. The van der Waals surface area contributed by atoms with E-state index in [0.29, 0.717) is 12.0 Å². The summed E-state index contributed by atoms with van der Waals surface area (Å²) in [5, 5.41) is 26.9. The van der Waals surface area contributed by atoms with E-state index in [4.69, 9.17) is 15.3 Å². The first-order chi connectivity index (χ1) is 10.4. The van der Waals surface area contributed by atoms with Crippen LogP contribution in [0.5, 0.6) is 0 Å². The molecule has 6 nitrogen and oxygen atoms in total. The summed E-state index contributed by atoms with van der Waals surface area (Å²) >= 11 is 0. The molecule has 0 amide bonds. The van der Waals surface area contributed by atoms with Crippen LogP contribution < -0.4 is 0 Å².